The molecule has 144 valence electrons. The van der Waals surface area contributed by atoms with Crippen LogP contribution in [-0.2, 0) is 16.0 Å². The second-order valence-electron chi connectivity index (χ2n) is 7.50. The number of hydrogen-bond donors (Lipinski definition) is 2. The van der Waals surface area contributed by atoms with Crippen molar-refractivity contribution in [2.45, 2.75) is 50.2 Å². The molecule has 1 aliphatic carbocycles. The first kappa shape index (κ1) is 19.3. The molecule has 1 aliphatic heterocycles. The van der Waals surface area contributed by atoms with Gasteiger partial charge in [-0.1, -0.05) is 31.4 Å². The number of halogens is 1. The summed E-state index contributed by atoms with van der Waals surface area (Å²) < 4.78 is 19.4. The number of methoxy groups -OCH3 is 1. The summed E-state index contributed by atoms with van der Waals surface area (Å²) in [5, 5.41) is 13.7. The molecule has 0 spiro atoms. The smallest absolute Gasteiger partial charge is 0.237 e. The van der Waals surface area contributed by atoms with Crippen molar-refractivity contribution >= 4 is 5.91 Å². The van der Waals surface area contributed by atoms with Crippen LogP contribution in [0.4, 0.5) is 4.39 Å². The van der Waals surface area contributed by atoms with Gasteiger partial charge in [-0.05, 0) is 36.5 Å². The molecule has 3 rings (SSSR count). The van der Waals surface area contributed by atoms with E-state index in [4.69, 9.17) is 4.74 Å². The Morgan fingerprint density at radius 3 is 2.88 bits per heavy atom. The van der Waals surface area contributed by atoms with Gasteiger partial charge < -0.3 is 20.1 Å². The van der Waals surface area contributed by atoms with Gasteiger partial charge >= 0.3 is 0 Å². The number of nitrogens with one attached hydrogen (secondary N) is 1. The number of amides is 1. The van der Waals surface area contributed by atoms with Crippen LogP contribution in [0.3, 0.4) is 0 Å². The van der Waals surface area contributed by atoms with Crippen molar-refractivity contribution in [1.82, 2.24) is 10.2 Å². The average molecular weight is 364 g/mol. The number of rotatable bonds is 6. The lowest BCUT2D eigenvalue weighted by Gasteiger charge is -2.38. The molecule has 2 aliphatic rings. The molecule has 1 fully saturated rings. The first-order valence-electron chi connectivity index (χ1n) is 9.53. The van der Waals surface area contributed by atoms with Crippen molar-refractivity contribution in [2.24, 2.45) is 0 Å². The number of nitrogens with zero attached hydrogens (tertiary/aromatic N) is 1. The number of aliphatic hydroxyl groups is 1. The molecule has 0 aromatic heterocycles. The Morgan fingerprint density at radius 1 is 1.38 bits per heavy atom. The number of benzene rings is 1. The summed E-state index contributed by atoms with van der Waals surface area (Å²) >= 11 is 0. The Balaban J connectivity index is 1.63. The van der Waals surface area contributed by atoms with Gasteiger partial charge in [-0.15, -0.1) is 0 Å². The van der Waals surface area contributed by atoms with Crippen LogP contribution in [0.25, 0.3) is 0 Å². The third-order valence-corrected chi connectivity index (χ3v) is 5.65. The van der Waals surface area contributed by atoms with Crippen molar-refractivity contribution in [2.75, 3.05) is 33.4 Å². The van der Waals surface area contributed by atoms with Crippen molar-refractivity contribution in [1.29, 1.82) is 0 Å². The van der Waals surface area contributed by atoms with E-state index in [1.807, 2.05) is 6.07 Å². The van der Waals surface area contributed by atoms with E-state index >= 15 is 0 Å². The molecule has 0 saturated heterocycles. The van der Waals surface area contributed by atoms with Crippen molar-refractivity contribution in [3.63, 3.8) is 0 Å². The Bertz CT molecular complexity index is 631. The van der Waals surface area contributed by atoms with Crippen LogP contribution in [0.1, 0.15) is 49.3 Å². The molecule has 1 heterocycles. The lowest BCUT2D eigenvalue weighted by molar-refractivity contribution is -0.134. The molecule has 0 bridgehead atoms. The fourth-order valence-electron chi connectivity index (χ4n) is 4.23. The van der Waals surface area contributed by atoms with Crippen LogP contribution in [0.5, 0.6) is 0 Å². The van der Waals surface area contributed by atoms with Crippen molar-refractivity contribution in [3.05, 3.63) is 35.1 Å². The van der Waals surface area contributed by atoms with Gasteiger partial charge in [0.05, 0.1) is 24.8 Å². The molecule has 1 unspecified atom stereocenters. The van der Waals surface area contributed by atoms with Gasteiger partial charge in [-0.25, -0.2) is 4.39 Å². The average Bonchev–Trinajstić information content (AvgIpc) is 2.63. The van der Waals surface area contributed by atoms with E-state index in [0.29, 0.717) is 31.7 Å². The van der Waals surface area contributed by atoms with Crippen LogP contribution >= 0.6 is 0 Å². The van der Waals surface area contributed by atoms with E-state index in [1.54, 1.807) is 18.1 Å². The molecule has 1 amide bonds. The standard InChI is InChI=1S/C20H29FN2O3/c1-26-13-18-16-6-5-7-17(21)15(16)8-11-23(18)19(24)12-22-14-20(25)9-3-2-4-10-20/h5-7,18,22,25H,2-4,8-14H2,1H3. The van der Waals surface area contributed by atoms with Gasteiger partial charge in [0.1, 0.15) is 5.82 Å². The maximum absolute atomic E-state index is 14.1. The third-order valence-electron chi connectivity index (χ3n) is 5.65. The maximum Gasteiger partial charge on any atom is 0.237 e. The zero-order valence-electron chi connectivity index (χ0n) is 15.5. The van der Waals surface area contributed by atoms with Gasteiger partial charge in [0.15, 0.2) is 0 Å². The predicted octanol–water partition coefficient (Wildman–Crippen LogP) is 2.18. The highest BCUT2D eigenvalue weighted by atomic mass is 19.1. The topological polar surface area (TPSA) is 61.8 Å². The Morgan fingerprint density at radius 2 is 2.15 bits per heavy atom. The number of carbonyl (C=O) groups is 1. The fraction of sp³-hybridized carbons (Fsp3) is 0.650. The summed E-state index contributed by atoms with van der Waals surface area (Å²) in [6.07, 6.45) is 5.34. The molecule has 26 heavy (non-hydrogen) atoms. The first-order chi connectivity index (χ1) is 12.5. The summed E-state index contributed by atoms with van der Waals surface area (Å²) in [6, 6.07) is 4.75. The highest BCUT2D eigenvalue weighted by molar-refractivity contribution is 5.79. The summed E-state index contributed by atoms with van der Waals surface area (Å²) in [4.78, 5) is 14.5. The molecule has 0 radical (unpaired) electrons. The van der Waals surface area contributed by atoms with E-state index in [2.05, 4.69) is 5.32 Å². The van der Waals surface area contributed by atoms with E-state index < -0.39 is 5.60 Å². The molecule has 2 N–H and O–H groups in total. The number of ether oxygens (including phenoxy) is 1. The Kier molecular flexibility index (Phi) is 6.27. The first-order valence-corrected chi connectivity index (χ1v) is 9.53. The van der Waals surface area contributed by atoms with Crippen LogP contribution in [0.15, 0.2) is 18.2 Å². The number of hydrogen-bond acceptors (Lipinski definition) is 4. The lowest BCUT2D eigenvalue weighted by Crippen LogP contribution is -2.49. The monoisotopic (exact) mass is 364 g/mol. The van der Waals surface area contributed by atoms with Crippen molar-refractivity contribution in [3.8, 4) is 0 Å². The maximum atomic E-state index is 14.1. The van der Waals surface area contributed by atoms with Gasteiger partial charge in [0.2, 0.25) is 5.91 Å². The number of fused-ring (bicyclic) bond motifs is 1. The zero-order chi connectivity index (χ0) is 18.6. The molecular formula is C20H29FN2O3. The summed E-state index contributed by atoms with van der Waals surface area (Å²) in [6.45, 7) is 1.43. The van der Waals surface area contributed by atoms with E-state index in [-0.39, 0.29) is 24.3 Å². The SMILES string of the molecule is COCC1c2cccc(F)c2CCN1C(=O)CNCC1(O)CCCCC1. The Hall–Kier alpha value is -1.50. The minimum Gasteiger partial charge on any atom is -0.389 e. The normalized spacial score (nSPS) is 22.1. The molecular weight excluding hydrogens is 335 g/mol. The van der Waals surface area contributed by atoms with Crippen LogP contribution in [-0.4, -0.2) is 54.9 Å². The predicted molar refractivity (Wildman–Crippen MR) is 97.3 cm³/mol. The highest BCUT2D eigenvalue weighted by Crippen LogP contribution is 2.31. The van der Waals surface area contributed by atoms with Gasteiger partial charge in [-0.3, -0.25) is 4.79 Å². The highest BCUT2D eigenvalue weighted by Gasteiger charge is 2.33. The third kappa shape index (κ3) is 4.24. The van der Waals surface area contributed by atoms with Gasteiger partial charge in [-0.2, -0.15) is 0 Å². The largest absolute Gasteiger partial charge is 0.389 e. The fourth-order valence-corrected chi connectivity index (χ4v) is 4.23. The molecule has 1 aromatic rings. The molecule has 5 nitrogen and oxygen atoms in total. The summed E-state index contributed by atoms with van der Waals surface area (Å²) in [5.41, 5.74) is 0.822. The van der Waals surface area contributed by atoms with Crippen LogP contribution < -0.4 is 5.32 Å². The second-order valence-corrected chi connectivity index (χ2v) is 7.50. The molecule has 1 aromatic carbocycles. The van der Waals surface area contributed by atoms with Gasteiger partial charge in [0.25, 0.3) is 0 Å². The Labute approximate surface area is 154 Å². The van der Waals surface area contributed by atoms with Gasteiger partial charge in [0, 0.05) is 20.2 Å². The minimum absolute atomic E-state index is 0.0404. The quantitative estimate of drug-likeness (QED) is 0.812. The van der Waals surface area contributed by atoms with E-state index in [0.717, 1.165) is 31.2 Å². The minimum atomic E-state index is -0.692. The van der Waals surface area contributed by atoms with Crippen molar-refractivity contribution < 1.29 is 19.0 Å². The second kappa shape index (κ2) is 8.46. The van der Waals surface area contributed by atoms with Crippen LogP contribution in [0.2, 0.25) is 0 Å². The summed E-state index contributed by atoms with van der Waals surface area (Å²) in [7, 11) is 1.59. The van der Waals surface area contributed by atoms with Crippen LogP contribution in [0, 0.1) is 5.82 Å². The molecule has 1 saturated carbocycles. The molecule has 6 heteroatoms. The zero-order valence-corrected chi connectivity index (χ0v) is 15.5. The number of carbonyl (C=O) groups excluding carboxylic acids is 1. The lowest BCUT2D eigenvalue weighted by atomic mass is 9.85. The van der Waals surface area contributed by atoms with E-state index in [1.165, 1.54) is 12.5 Å². The molecule has 1 atom stereocenters. The van der Waals surface area contributed by atoms with E-state index in [9.17, 15) is 14.3 Å². The summed E-state index contributed by atoms with van der Waals surface area (Å²) in [5.74, 6) is -0.255.